The van der Waals surface area contributed by atoms with Crippen LogP contribution in [0.3, 0.4) is 0 Å². The monoisotopic (exact) mass is 313 g/mol. The van der Waals surface area contributed by atoms with Crippen molar-refractivity contribution in [1.29, 1.82) is 5.26 Å². The van der Waals surface area contributed by atoms with E-state index in [-0.39, 0.29) is 11.7 Å². The van der Waals surface area contributed by atoms with Gasteiger partial charge in [-0.3, -0.25) is 4.79 Å². The first-order chi connectivity index (χ1) is 11.1. The molecule has 0 bridgehead atoms. The first-order valence-corrected chi connectivity index (χ1v) is 8.75. The highest BCUT2D eigenvalue weighted by Crippen LogP contribution is 2.33. The molecule has 124 valence electrons. The van der Waals surface area contributed by atoms with Crippen molar-refractivity contribution < 1.29 is 9.90 Å². The van der Waals surface area contributed by atoms with Crippen LogP contribution in [0.4, 0.5) is 0 Å². The molecule has 23 heavy (non-hydrogen) atoms. The van der Waals surface area contributed by atoms with Crippen LogP contribution in [0.1, 0.15) is 51.0 Å². The molecule has 3 nitrogen and oxygen atoms in total. The van der Waals surface area contributed by atoms with Gasteiger partial charge < -0.3 is 5.11 Å². The van der Waals surface area contributed by atoms with Gasteiger partial charge in [-0.2, -0.15) is 5.26 Å². The Kier molecular flexibility index (Phi) is 6.80. The third-order valence-corrected chi connectivity index (χ3v) is 5.16. The fraction of sp³-hybridized carbons (Fsp3) is 0.600. The highest BCUT2D eigenvalue weighted by atomic mass is 16.3. The van der Waals surface area contributed by atoms with Crippen LogP contribution in [0.5, 0.6) is 0 Å². The lowest BCUT2D eigenvalue weighted by Gasteiger charge is -2.33. The maximum Gasteiger partial charge on any atom is 0.136 e. The third kappa shape index (κ3) is 4.91. The second-order valence-electron chi connectivity index (χ2n) is 6.78. The average Bonchev–Trinajstić information content (AvgIpc) is 2.59. The van der Waals surface area contributed by atoms with E-state index < -0.39 is 17.9 Å². The number of carbonyl (C=O) groups is 1. The third-order valence-electron chi connectivity index (χ3n) is 5.16. The van der Waals surface area contributed by atoms with Crippen LogP contribution in [0.15, 0.2) is 30.3 Å². The maximum atomic E-state index is 12.1. The minimum atomic E-state index is -0.673. The van der Waals surface area contributed by atoms with Crippen molar-refractivity contribution in [1.82, 2.24) is 0 Å². The number of rotatable bonds is 7. The van der Waals surface area contributed by atoms with E-state index in [0.717, 1.165) is 32.1 Å². The predicted octanol–water partition coefficient (Wildman–Crippen LogP) is 3.91. The van der Waals surface area contributed by atoms with E-state index in [1.54, 1.807) is 0 Å². The number of benzene rings is 1. The van der Waals surface area contributed by atoms with Crippen LogP contribution in [-0.4, -0.2) is 17.0 Å². The lowest BCUT2D eigenvalue weighted by molar-refractivity contribution is -0.128. The Morgan fingerprint density at radius 2 is 1.91 bits per heavy atom. The maximum absolute atomic E-state index is 12.1. The minimum Gasteiger partial charge on any atom is -0.392 e. The van der Waals surface area contributed by atoms with E-state index in [1.165, 1.54) is 18.9 Å². The summed E-state index contributed by atoms with van der Waals surface area (Å²) in [6, 6.07) is 12.3. The minimum absolute atomic E-state index is 0.0531. The standard InChI is InChI=1S/C20H27NO2/c1-15(22)19(20(23)17-10-6-3-7-11-17)18(14-21)13-12-16-8-4-2-5-9-16/h2,4-5,8-9,17-20,23H,3,6-7,10-13H2,1H3/t18?,19-,20-/m1/s1. The van der Waals surface area contributed by atoms with Crippen molar-refractivity contribution in [3.8, 4) is 6.07 Å². The second-order valence-corrected chi connectivity index (χ2v) is 6.78. The number of hydrogen-bond donors (Lipinski definition) is 1. The zero-order chi connectivity index (χ0) is 16.7. The summed E-state index contributed by atoms with van der Waals surface area (Å²) in [6.45, 7) is 1.52. The number of ketones is 1. The van der Waals surface area contributed by atoms with E-state index >= 15 is 0 Å². The summed E-state index contributed by atoms with van der Waals surface area (Å²) in [5.74, 6) is -0.843. The summed E-state index contributed by atoms with van der Waals surface area (Å²) >= 11 is 0. The molecular formula is C20H27NO2. The largest absolute Gasteiger partial charge is 0.392 e. The van der Waals surface area contributed by atoms with Crippen molar-refractivity contribution >= 4 is 5.78 Å². The Balaban J connectivity index is 2.04. The summed E-state index contributed by atoms with van der Waals surface area (Å²) in [5.41, 5.74) is 1.17. The molecule has 2 rings (SSSR count). The molecule has 1 aromatic carbocycles. The Hall–Kier alpha value is -1.66. The SMILES string of the molecule is CC(=O)[C@H](C(C#N)CCc1ccccc1)[C@H](O)C1CCCCC1. The van der Waals surface area contributed by atoms with E-state index in [0.29, 0.717) is 6.42 Å². The van der Waals surface area contributed by atoms with Crippen LogP contribution in [0.25, 0.3) is 0 Å². The molecule has 1 saturated carbocycles. The van der Waals surface area contributed by atoms with E-state index in [4.69, 9.17) is 0 Å². The fourth-order valence-corrected chi connectivity index (χ4v) is 3.82. The molecule has 0 radical (unpaired) electrons. The number of nitrogens with zero attached hydrogens (tertiary/aromatic N) is 1. The van der Waals surface area contributed by atoms with Gasteiger partial charge in [0.05, 0.1) is 24.0 Å². The number of carbonyl (C=O) groups excluding carboxylic acids is 1. The highest BCUT2D eigenvalue weighted by molar-refractivity contribution is 5.79. The molecule has 0 heterocycles. The molecular weight excluding hydrogens is 286 g/mol. The number of aryl methyl sites for hydroxylation is 1. The van der Waals surface area contributed by atoms with E-state index in [2.05, 4.69) is 6.07 Å². The van der Waals surface area contributed by atoms with Crippen LogP contribution >= 0.6 is 0 Å². The number of aliphatic hydroxyl groups excluding tert-OH is 1. The summed E-state index contributed by atoms with van der Waals surface area (Å²) in [4.78, 5) is 12.1. The topological polar surface area (TPSA) is 61.1 Å². The second kappa shape index (κ2) is 8.84. The van der Waals surface area contributed by atoms with Crippen LogP contribution < -0.4 is 0 Å². The molecule has 1 unspecified atom stereocenters. The van der Waals surface area contributed by atoms with Gasteiger partial charge in [0.25, 0.3) is 0 Å². The van der Waals surface area contributed by atoms with Gasteiger partial charge in [0.1, 0.15) is 5.78 Å². The van der Waals surface area contributed by atoms with Crippen molar-refractivity contribution in [2.45, 2.75) is 58.0 Å². The Labute approximate surface area is 139 Å². The first-order valence-electron chi connectivity index (χ1n) is 8.75. The molecule has 0 aliphatic heterocycles. The summed E-state index contributed by atoms with van der Waals surface area (Å²) < 4.78 is 0. The highest BCUT2D eigenvalue weighted by Gasteiger charge is 2.37. The van der Waals surface area contributed by atoms with Crippen molar-refractivity contribution in [3.05, 3.63) is 35.9 Å². The molecule has 1 aliphatic rings. The van der Waals surface area contributed by atoms with Crippen molar-refractivity contribution in [2.75, 3.05) is 0 Å². The fourth-order valence-electron chi connectivity index (χ4n) is 3.82. The Morgan fingerprint density at radius 1 is 1.26 bits per heavy atom. The smallest absolute Gasteiger partial charge is 0.136 e. The lowest BCUT2D eigenvalue weighted by Crippen LogP contribution is -2.39. The van der Waals surface area contributed by atoms with Gasteiger partial charge in [0.2, 0.25) is 0 Å². The number of hydrogen-bond acceptors (Lipinski definition) is 3. The van der Waals surface area contributed by atoms with E-state index in [9.17, 15) is 15.2 Å². The summed E-state index contributed by atoms with van der Waals surface area (Å²) in [5, 5.41) is 20.3. The first kappa shape index (κ1) is 17.7. The van der Waals surface area contributed by atoms with Gasteiger partial charge in [0, 0.05) is 0 Å². The number of Topliss-reactive ketones (excluding diaryl/α,β-unsaturated/α-hetero) is 1. The van der Waals surface area contributed by atoms with Crippen molar-refractivity contribution in [2.24, 2.45) is 17.8 Å². The predicted molar refractivity (Wildman–Crippen MR) is 90.6 cm³/mol. The van der Waals surface area contributed by atoms with Crippen molar-refractivity contribution in [3.63, 3.8) is 0 Å². The van der Waals surface area contributed by atoms with Crippen LogP contribution in [-0.2, 0) is 11.2 Å². The Morgan fingerprint density at radius 3 is 2.48 bits per heavy atom. The molecule has 0 spiro atoms. The molecule has 1 aliphatic carbocycles. The molecule has 1 aromatic rings. The lowest BCUT2D eigenvalue weighted by atomic mass is 9.73. The molecule has 3 heteroatoms. The summed E-state index contributed by atoms with van der Waals surface area (Å²) in [7, 11) is 0. The van der Waals surface area contributed by atoms with Gasteiger partial charge in [-0.25, -0.2) is 0 Å². The number of aliphatic hydroxyl groups is 1. The van der Waals surface area contributed by atoms with Crippen LogP contribution in [0.2, 0.25) is 0 Å². The van der Waals surface area contributed by atoms with Gasteiger partial charge in [0.15, 0.2) is 0 Å². The molecule has 1 N–H and O–H groups in total. The van der Waals surface area contributed by atoms with Crippen LogP contribution in [0, 0.1) is 29.1 Å². The number of nitriles is 1. The zero-order valence-corrected chi connectivity index (χ0v) is 13.9. The zero-order valence-electron chi connectivity index (χ0n) is 13.9. The molecule has 0 amide bonds. The van der Waals surface area contributed by atoms with E-state index in [1.807, 2.05) is 30.3 Å². The normalized spacial score (nSPS) is 19.5. The van der Waals surface area contributed by atoms with Gasteiger partial charge in [-0.05, 0) is 44.1 Å². The molecule has 0 aromatic heterocycles. The van der Waals surface area contributed by atoms with Gasteiger partial charge in [-0.15, -0.1) is 0 Å². The quantitative estimate of drug-likeness (QED) is 0.830. The Bertz CT molecular complexity index is 528. The van der Waals surface area contributed by atoms with Gasteiger partial charge >= 0.3 is 0 Å². The molecule has 3 atom stereocenters. The molecule has 1 fully saturated rings. The van der Waals surface area contributed by atoms with Gasteiger partial charge in [-0.1, -0.05) is 49.6 Å². The molecule has 0 saturated heterocycles. The average molecular weight is 313 g/mol. The summed E-state index contributed by atoms with van der Waals surface area (Å²) in [6.07, 6.45) is 6.11.